The number of hydrogen-bond donors (Lipinski definition) is 2. The van der Waals surface area contributed by atoms with Gasteiger partial charge in [-0.25, -0.2) is 8.78 Å². The highest BCUT2D eigenvalue weighted by Crippen LogP contribution is 2.45. The molecule has 0 aromatic heterocycles. The SMILES string of the molecule is CC1=CC(=O)C(NCC(O)(CC(C)(C)c2cc(F)cc3c2OCC3)C(F)(F)F)=C(F)C1=O. The van der Waals surface area contributed by atoms with Crippen LogP contribution in [0.4, 0.5) is 22.0 Å². The van der Waals surface area contributed by atoms with Crippen molar-refractivity contribution in [3.8, 4) is 5.75 Å². The van der Waals surface area contributed by atoms with Gasteiger partial charge in [0.2, 0.25) is 11.6 Å². The second kappa shape index (κ2) is 7.99. The smallest absolute Gasteiger partial charge is 0.418 e. The van der Waals surface area contributed by atoms with Crippen LogP contribution >= 0.6 is 0 Å². The van der Waals surface area contributed by atoms with Crippen LogP contribution in [0.25, 0.3) is 0 Å². The number of allylic oxidation sites excluding steroid dienone is 3. The molecular weight excluding hydrogens is 437 g/mol. The molecule has 32 heavy (non-hydrogen) atoms. The minimum absolute atomic E-state index is 0.153. The van der Waals surface area contributed by atoms with Crippen molar-refractivity contribution in [1.82, 2.24) is 5.32 Å². The van der Waals surface area contributed by atoms with Gasteiger partial charge in [0.25, 0.3) is 0 Å². The fourth-order valence-electron chi connectivity index (χ4n) is 3.99. The van der Waals surface area contributed by atoms with E-state index >= 15 is 0 Å². The fraction of sp³-hybridized carbons (Fsp3) is 0.455. The molecule has 1 atom stereocenters. The molecule has 1 heterocycles. The molecule has 2 aliphatic rings. The van der Waals surface area contributed by atoms with Gasteiger partial charge in [0.05, 0.1) is 13.2 Å². The normalized spacial score (nSPS) is 18.8. The van der Waals surface area contributed by atoms with E-state index in [1.54, 1.807) is 0 Å². The second-order valence-electron chi connectivity index (χ2n) is 8.69. The van der Waals surface area contributed by atoms with Crippen molar-refractivity contribution in [2.75, 3.05) is 13.2 Å². The lowest BCUT2D eigenvalue weighted by molar-refractivity contribution is -0.264. The number of Topliss-reactive ketones (excluding diaryl/α,β-unsaturated/α-hetero) is 1. The predicted octanol–water partition coefficient (Wildman–Crippen LogP) is 3.59. The quantitative estimate of drug-likeness (QED) is 0.503. The third kappa shape index (κ3) is 4.28. The van der Waals surface area contributed by atoms with E-state index in [-0.39, 0.29) is 23.5 Å². The number of carbonyl (C=O) groups excluding carboxylic acids is 2. The van der Waals surface area contributed by atoms with Crippen molar-refractivity contribution in [2.24, 2.45) is 0 Å². The average Bonchev–Trinajstić information content (AvgIpc) is 3.12. The summed E-state index contributed by atoms with van der Waals surface area (Å²) in [6, 6.07) is 2.31. The molecule has 0 bridgehead atoms. The van der Waals surface area contributed by atoms with Crippen molar-refractivity contribution in [3.63, 3.8) is 0 Å². The van der Waals surface area contributed by atoms with Gasteiger partial charge in [0.15, 0.2) is 11.4 Å². The Balaban J connectivity index is 1.92. The number of alkyl halides is 3. The van der Waals surface area contributed by atoms with Crippen molar-refractivity contribution in [1.29, 1.82) is 0 Å². The molecule has 5 nitrogen and oxygen atoms in total. The van der Waals surface area contributed by atoms with Crippen molar-refractivity contribution < 1.29 is 41.4 Å². The molecule has 0 amide bonds. The highest BCUT2D eigenvalue weighted by molar-refractivity contribution is 6.21. The van der Waals surface area contributed by atoms with Crippen molar-refractivity contribution in [2.45, 2.75) is 50.8 Å². The van der Waals surface area contributed by atoms with Crippen molar-refractivity contribution >= 4 is 11.6 Å². The van der Waals surface area contributed by atoms with Crippen LogP contribution in [0.15, 0.2) is 35.3 Å². The van der Waals surface area contributed by atoms with Crippen LogP contribution in [0.3, 0.4) is 0 Å². The number of nitrogens with one attached hydrogen (secondary N) is 1. The molecule has 1 unspecified atom stereocenters. The second-order valence-corrected chi connectivity index (χ2v) is 8.69. The maximum Gasteiger partial charge on any atom is 0.418 e. The summed E-state index contributed by atoms with van der Waals surface area (Å²) < 4.78 is 75.5. The molecule has 1 aliphatic carbocycles. The molecule has 0 saturated carbocycles. The van der Waals surface area contributed by atoms with Gasteiger partial charge in [-0.05, 0) is 37.0 Å². The van der Waals surface area contributed by atoms with Crippen LogP contribution in [-0.2, 0) is 21.4 Å². The molecule has 0 saturated heterocycles. The van der Waals surface area contributed by atoms with E-state index in [0.29, 0.717) is 12.0 Å². The summed E-state index contributed by atoms with van der Waals surface area (Å²) in [5.74, 6) is -4.03. The summed E-state index contributed by atoms with van der Waals surface area (Å²) >= 11 is 0. The third-order valence-corrected chi connectivity index (χ3v) is 5.67. The Morgan fingerprint density at radius 3 is 2.44 bits per heavy atom. The highest BCUT2D eigenvalue weighted by atomic mass is 19.4. The van der Waals surface area contributed by atoms with Gasteiger partial charge in [-0.15, -0.1) is 0 Å². The van der Waals surface area contributed by atoms with Gasteiger partial charge in [-0.2, -0.15) is 13.2 Å². The van der Waals surface area contributed by atoms with Gasteiger partial charge in [-0.1, -0.05) is 13.8 Å². The maximum absolute atomic E-state index is 14.2. The van der Waals surface area contributed by atoms with Crippen LogP contribution < -0.4 is 10.1 Å². The monoisotopic (exact) mass is 459 g/mol. The first-order chi connectivity index (χ1) is 14.7. The molecule has 10 heteroatoms. The number of halogens is 5. The Kier molecular flexibility index (Phi) is 5.97. The van der Waals surface area contributed by atoms with Gasteiger partial charge >= 0.3 is 6.18 Å². The number of carbonyl (C=O) groups is 2. The molecule has 0 radical (unpaired) electrons. The van der Waals surface area contributed by atoms with E-state index in [1.165, 1.54) is 26.8 Å². The molecule has 0 fully saturated rings. The Labute approximate surface area is 180 Å². The zero-order chi connectivity index (χ0) is 24.1. The number of rotatable bonds is 6. The van der Waals surface area contributed by atoms with Crippen LogP contribution in [0.5, 0.6) is 5.75 Å². The van der Waals surface area contributed by atoms with E-state index in [4.69, 9.17) is 4.74 Å². The molecule has 1 aliphatic heterocycles. The first-order valence-corrected chi connectivity index (χ1v) is 9.82. The summed E-state index contributed by atoms with van der Waals surface area (Å²) in [6.07, 6.45) is -4.95. The van der Waals surface area contributed by atoms with Crippen LogP contribution in [0.2, 0.25) is 0 Å². The lowest BCUT2D eigenvalue weighted by Crippen LogP contribution is -2.55. The molecular formula is C22H22F5NO4. The number of benzene rings is 1. The van der Waals surface area contributed by atoms with Gasteiger partial charge in [0, 0.05) is 23.1 Å². The van der Waals surface area contributed by atoms with Gasteiger partial charge in [-0.3, -0.25) is 9.59 Å². The Bertz CT molecular complexity index is 1040. The predicted molar refractivity (Wildman–Crippen MR) is 104 cm³/mol. The first kappa shape index (κ1) is 23.9. The van der Waals surface area contributed by atoms with E-state index < -0.39 is 59.1 Å². The summed E-state index contributed by atoms with van der Waals surface area (Å²) in [6.45, 7) is 2.93. The average molecular weight is 459 g/mol. The zero-order valence-electron chi connectivity index (χ0n) is 17.6. The third-order valence-electron chi connectivity index (χ3n) is 5.67. The number of ketones is 2. The molecule has 0 spiro atoms. The van der Waals surface area contributed by atoms with Crippen LogP contribution in [0.1, 0.15) is 38.3 Å². The molecule has 3 rings (SSSR count). The largest absolute Gasteiger partial charge is 0.493 e. The molecule has 174 valence electrons. The van der Waals surface area contributed by atoms with E-state index in [0.717, 1.165) is 12.1 Å². The summed E-state index contributed by atoms with van der Waals surface area (Å²) in [5, 5.41) is 12.6. The standard InChI is InChI=1S/C22H22F5NO4/c1-11-6-15(29)17(16(24)18(11)30)28-10-21(31,22(25,26)27)9-20(2,3)14-8-13(23)7-12-4-5-32-19(12)14/h6-8,28,31H,4-5,9-10H2,1-3H3. The lowest BCUT2D eigenvalue weighted by Gasteiger charge is -2.38. The number of fused-ring (bicyclic) bond motifs is 1. The number of ether oxygens (including phenoxy) is 1. The fourth-order valence-corrected chi connectivity index (χ4v) is 3.99. The van der Waals surface area contributed by atoms with E-state index in [1.807, 2.05) is 5.32 Å². The molecule has 1 aromatic carbocycles. The van der Waals surface area contributed by atoms with E-state index in [9.17, 15) is 36.6 Å². The number of hydrogen-bond acceptors (Lipinski definition) is 5. The molecule has 1 aromatic rings. The minimum atomic E-state index is -5.20. The Hall–Kier alpha value is -2.75. The van der Waals surface area contributed by atoms with Gasteiger partial charge < -0.3 is 15.2 Å². The molecule has 2 N–H and O–H groups in total. The lowest BCUT2D eigenvalue weighted by atomic mass is 9.74. The van der Waals surface area contributed by atoms with E-state index in [2.05, 4.69) is 0 Å². The van der Waals surface area contributed by atoms with Crippen LogP contribution in [-0.4, -0.2) is 41.6 Å². The summed E-state index contributed by atoms with van der Waals surface area (Å²) in [5.41, 5.74) is -5.34. The Morgan fingerprint density at radius 1 is 1.16 bits per heavy atom. The highest BCUT2D eigenvalue weighted by Gasteiger charge is 2.56. The summed E-state index contributed by atoms with van der Waals surface area (Å²) in [7, 11) is 0. The zero-order valence-corrected chi connectivity index (χ0v) is 17.6. The van der Waals surface area contributed by atoms with Gasteiger partial charge in [0.1, 0.15) is 17.3 Å². The summed E-state index contributed by atoms with van der Waals surface area (Å²) in [4.78, 5) is 23.7. The number of aliphatic hydroxyl groups is 1. The topological polar surface area (TPSA) is 75.6 Å². The minimum Gasteiger partial charge on any atom is -0.493 e. The Morgan fingerprint density at radius 2 is 1.81 bits per heavy atom. The maximum atomic E-state index is 14.2. The van der Waals surface area contributed by atoms with Crippen LogP contribution in [0, 0.1) is 5.82 Å². The first-order valence-electron chi connectivity index (χ1n) is 9.82. The van der Waals surface area contributed by atoms with Crippen molar-refractivity contribution in [3.05, 3.63) is 52.2 Å².